The Kier molecular flexibility index (Phi) is 5.75. The minimum atomic E-state index is -0.0493. The van der Waals surface area contributed by atoms with Gasteiger partial charge in [0.15, 0.2) is 0 Å². The van der Waals surface area contributed by atoms with E-state index in [0.29, 0.717) is 12.1 Å². The van der Waals surface area contributed by atoms with Crippen LogP contribution in [0, 0.1) is 11.3 Å². The third-order valence-electron chi connectivity index (χ3n) is 3.02. The molecule has 1 aliphatic carbocycles. The number of methoxy groups -OCH3 is 1. The van der Waals surface area contributed by atoms with Gasteiger partial charge in [-0.05, 0) is 26.3 Å². The highest BCUT2D eigenvalue weighted by atomic mass is 16.5. The molecule has 2 atom stereocenters. The van der Waals surface area contributed by atoms with Crippen molar-refractivity contribution in [1.29, 1.82) is 5.26 Å². The molecule has 92 valence electrons. The first-order valence-electron chi connectivity index (χ1n) is 6.09. The summed E-state index contributed by atoms with van der Waals surface area (Å²) >= 11 is 0. The Labute approximate surface area is 98.6 Å². The molecule has 4 nitrogen and oxygen atoms in total. The Morgan fingerprint density at radius 1 is 1.56 bits per heavy atom. The Morgan fingerprint density at radius 3 is 2.69 bits per heavy atom. The number of hydrogen-bond donors (Lipinski definition) is 1. The number of nitrogens with zero attached hydrogens (tertiary/aromatic N) is 2. The van der Waals surface area contributed by atoms with E-state index in [2.05, 4.69) is 30.1 Å². The number of nitriles is 1. The molecular formula is C12H23N3O. The van der Waals surface area contributed by atoms with Crippen LogP contribution >= 0.6 is 0 Å². The molecule has 0 aliphatic heterocycles. The van der Waals surface area contributed by atoms with E-state index in [1.54, 1.807) is 7.11 Å². The maximum Gasteiger partial charge on any atom is 0.108 e. The molecule has 16 heavy (non-hydrogen) atoms. The Hall–Kier alpha value is -0.630. The minimum absolute atomic E-state index is 0.0493. The van der Waals surface area contributed by atoms with Crippen LogP contribution in [0.5, 0.6) is 0 Å². The van der Waals surface area contributed by atoms with Gasteiger partial charge in [-0.2, -0.15) is 5.26 Å². The zero-order chi connectivity index (χ0) is 12.0. The number of ether oxygens (including phenoxy) is 1. The number of rotatable bonds is 8. The summed E-state index contributed by atoms with van der Waals surface area (Å²) in [6.07, 6.45) is 2.44. The van der Waals surface area contributed by atoms with E-state index in [4.69, 9.17) is 10.00 Å². The highest BCUT2D eigenvalue weighted by Gasteiger charge is 2.26. The lowest BCUT2D eigenvalue weighted by Crippen LogP contribution is -2.46. The molecule has 1 rings (SSSR count). The first-order valence-corrected chi connectivity index (χ1v) is 6.09. The summed E-state index contributed by atoms with van der Waals surface area (Å²) < 4.78 is 5.15. The first kappa shape index (κ1) is 13.4. The van der Waals surface area contributed by atoms with Crippen molar-refractivity contribution in [2.24, 2.45) is 0 Å². The molecular weight excluding hydrogens is 202 g/mol. The zero-order valence-corrected chi connectivity index (χ0v) is 10.6. The summed E-state index contributed by atoms with van der Waals surface area (Å²) in [5.74, 6) is 0. The van der Waals surface area contributed by atoms with Crippen LogP contribution in [0.2, 0.25) is 0 Å². The lowest BCUT2D eigenvalue weighted by atomic mass is 10.2. The first-order chi connectivity index (χ1) is 7.71. The van der Waals surface area contributed by atoms with E-state index in [-0.39, 0.29) is 6.04 Å². The summed E-state index contributed by atoms with van der Waals surface area (Å²) in [5, 5.41) is 12.4. The van der Waals surface area contributed by atoms with Gasteiger partial charge in [-0.3, -0.25) is 10.2 Å². The van der Waals surface area contributed by atoms with Gasteiger partial charge in [-0.15, -0.1) is 0 Å². The van der Waals surface area contributed by atoms with Crippen molar-refractivity contribution in [2.45, 2.75) is 44.8 Å². The summed E-state index contributed by atoms with van der Waals surface area (Å²) in [6.45, 7) is 6.72. The third kappa shape index (κ3) is 4.48. The lowest BCUT2D eigenvalue weighted by molar-refractivity contribution is 0.0992. The van der Waals surface area contributed by atoms with Gasteiger partial charge in [0.2, 0.25) is 0 Å². The van der Waals surface area contributed by atoms with Crippen molar-refractivity contribution < 1.29 is 4.74 Å². The van der Waals surface area contributed by atoms with Gasteiger partial charge in [0.25, 0.3) is 0 Å². The van der Waals surface area contributed by atoms with Crippen molar-refractivity contribution in [1.82, 2.24) is 10.2 Å². The highest BCUT2D eigenvalue weighted by molar-refractivity contribution is 4.97. The van der Waals surface area contributed by atoms with Gasteiger partial charge in [-0.25, -0.2) is 0 Å². The van der Waals surface area contributed by atoms with Gasteiger partial charge in [0.05, 0.1) is 12.7 Å². The van der Waals surface area contributed by atoms with Gasteiger partial charge in [0, 0.05) is 25.7 Å². The molecule has 2 unspecified atom stereocenters. The molecule has 0 aromatic rings. The van der Waals surface area contributed by atoms with Gasteiger partial charge < -0.3 is 4.74 Å². The molecule has 1 aliphatic rings. The Balaban J connectivity index is 2.36. The Morgan fingerprint density at radius 2 is 2.25 bits per heavy atom. The second-order valence-electron chi connectivity index (χ2n) is 4.51. The summed E-state index contributed by atoms with van der Waals surface area (Å²) in [6, 6.07) is 3.24. The molecule has 0 saturated heterocycles. The van der Waals surface area contributed by atoms with Crippen molar-refractivity contribution in [2.75, 3.05) is 26.8 Å². The van der Waals surface area contributed by atoms with E-state index in [1.807, 2.05) is 0 Å². The second kappa shape index (κ2) is 6.85. The van der Waals surface area contributed by atoms with Crippen molar-refractivity contribution in [3.63, 3.8) is 0 Å². The summed E-state index contributed by atoms with van der Waals surface area (Å²) in [4.78, 5) is 2.28. The summed E-state index contributed by atoms with van der Waals surface area (Å²) in [7, 11) is 1.72. The van der Waals surface area contributed by atoms with Crippen molar-refractivity contribution in [3.05, 3.63) is 0 Å². The molecule has 1 fully saturated rings. The normalized spacial score (nSPS) is 19.4. The van der Waals surface area contributed by atoms with Crippen LogP contribution in [0.3, 0.4) is 0 Å². The zero-order valence-electron chi connectivity index (χ0n) is 10.6. The number of likely N-dealkylation sites (N-methyl/N-ethyl adjacent to an activating group) is 1. The van der Waals surface area contributed by atoms with E-state index in [0.717, 1.165) is 19.7 Å². The molecule has 0 radical (unpaired) electrons. The minimum Gasteiger partial charge on any atom is -0.383 e. The van der Waals surface area contributed by atoms with E-state index in [9.17, 15) is 0 Å². The van der Waals surface area contributed by atoms with Crippen LogP contribution < -0.4 is 5.32 Å². The average molecular weight is 225 g/mol. The van der Waals surface area contributed by atoms with Gasteiger partial charge in [0.1, 0.15) is 6.04 Å². The third-order valence-corrected chi connectivity index (χ3v) is 3.02. The van der Waals surface area contributed by atoms with Crippen LogP contribution in [-0.2, 0) is 4.74 Å². The number of nitrogens with one attached hydrogen (secondary N) is 1. The standard InChI is InChI=1S/C12H23N3O/c1-4-15(10(2)9-16-3)8-12(7-13)14-11-5-6-11/h10-12,14H,4-6,8-9H2,1-3H3. The molecule has 0 heterocycles. The largest absolute Gasteiger partial charge is 0.383 e. The number of hydrogen-bond acceptors (Lipinski definition) is 4. The SMILES string of the molecule is CCN(CC(C#N)NC1CC1)C(C)COC. The van der Waals surface area contributed by atoms with Crippen LogP contribution in [0.15, 0.2) is 0 Å². The van der Waals surface area contributed by atoms with Crippen LogP contribution in [0.1, 0.15) is 26.7 Å². The molecule has 0 amide bonds. The van der Waals surface area contributed by atoms with E-state index < -0.39 is 0 Å². The smallest absolute Gasteiger partial charge is 0.108 e. The fourth-order valence-corrected chi connectivity index (χ4v) is 1.87. The maximum atomic E-state index is 9.09. The lowest BCUT2D eigenvalue weighted by Gasteiger charge is -2.29. The van der Waals surface area contributed by atoms with E-state index >= 15 is 0 Å². The summed E-state index contributed by atoms with van der Waals surface area (Å²) in [5.41, 5.74) is 0. The maximum absolute atomic E-state index is 9.09. The molecule has 1 N–H and O–H groups in total. The fourth-order valence-electron chi connectivity index (χ4n) is 1.87. The molecule has 4 heteroatoms. The highest BCUT2D eigenvalue weighted by Crippen LogP contribution is 2.19. The molecule has 0 bridgehead atoms. The quantitative estimate of drug-likeness (QED) is 0.669. The molecule has 0 aromatic carbocycles. The topological polar surface area (TPSA) is 48.3 Å². The predicted molar refractivity (Wildman–Crippen MR) is 64.1 cm³/mol. The fraction of sp³-hybridized carbons (Fsp3) is 0.917. The van der Waals surface area contributed by atoms with Crippen LogP contribution in [-0.4, -0.2) is 49.8 Å². The second-order valence-corrected chi connectivity index (χ2v) is 4.51. The van der Waals surface area contributed by atoms with E-state index in [1.165, 1.54) is 12.8 Å². The predicted octanol–water partition coefficient (Wildman–Crippen LogP) is 0.987. The van der Waals surface area contributed by atoms with Crippen molar-refractivity contribution in [3.8, 4) is 6.07 Å². The Bertz CT molecular complexity index is 235. The van der Waals surface area contributed by atoms with Gasteiger partial charge >= 0.3 is 0 Å². The monoisotopic (exact) mass is 225 g/mol. The molecule has 0 aromatic heterocycles. The van der Waals surface area contributed by atoms with Crippen molar-refractivity contribution >= 4 is 0 Å². The average Bonchev–Trinajstić information content (AvgIpc) is 3.08. The molecule has 0 spiro atoms. The van der Waals surface area contributed by atoms with Crippen LogP contribution in [0.25, 0.3) is 0 Å². The molecule has 1 saturated carbocycles. The van der Waals surface area contributed by atoms with Gasteiger partial charge in [-0.1, -0.05) is 6.92 Å². The van der Waals surface area contributed by atoms with Crippen LogP contribution in [0.4, 0.5) is 0 Å².